The van der Waals surface area contributed by atoms with Gasteiger partial charge < -0.3 is 4.90 Å². The van der Waals surface area contributed by atoms with E-state index in [0.717, 1.165) is 19.3 Å². The SMILES string of the molecule is Cc1ccc2c(c1N(c1ccccc1)c1cc3c(cc1-c1cccc4c1C(C)(C)CCC4(C)C)-c1ccccc1C3(c1ccccc1)c1ccccc1)CCCC2. The lowest BCUT2D eigenvalue weighted by Crippen LogP contribution is -2.34. The fourth-order valence-electron chi connectivity index (χ4n) is 11.0. The van der Waals surface area contributed by atoms with Crippen molar-refractivity contribution in [1.29, 1.82) is 0 Å². The van der Waals surface area contributed by atoms with E-state index >= 15 is 0 Å². The smallest absolute Gasteiger partial charge is 0.0714 e. The predicted octanol–water partition coefficient (Wildman–Crippen LogP) is 14.7. The highest BCUT2D eigenvalue weighted by Crippen LogP contribution is 2.60. The Hall–Kier alpha value is -5.66. The highest BCUT2D eigenvalue weighted by Gasteiger charge is 2.47. The van der Waals surface area contributed by atoms with Crippen LogP contribution in [0.5, 0.6) is 0 Å². The molecule has 0 spiro atoms. The molecule has 0 radical (unpaired) electrons. The number of rotatable bonds is 6. The van der Waals surface area contributed by atoms with Crippen LogP contribution in [0.2, 0.25) is 0 Å². The Kier molecular flexibility index (Phi) is 8.45. The molecule has 3 aliphatic rings. The van der Waals surface area contributed by atoms with Gasteiger partial charge in [-0.25, -0.2) is 0 Å². The van der Waals surface area contributed by atoms with E-state index < -0.39 is 5.41 Å². The van der Waals surface area contributed by atoms with Gasteiger partial charge in [0.25, 0.3) is 0 Å². The molecule has 1 nitrogen and oxygen atoms in total. The van der Waals surface area contributed by atoms with E-state index in [-0.39, 0.29) is 10.8 Å². The van der Waals surface area contributed by atoms with Crippen molar-refractivity contribution in [3.05, 3.63) is 208 Å². The number of aryl methyl sites for hydroxylation is 2. The summed E-state index contributed by atoms with van der Waals surface area (Å²) in [6, 6.07) is 60.2. The molecule has 7 aromatic rings. The summed E-state index contributed by atoms with van der Waals surface area (Å²) in [6.45, 7) is 12.2. The third-order valence-electron chi connectivity index (χ3n) is 13.9. The summed E-state index contributed by atoms with van der Waals surface area (Å²) < 4.78 is 0. The Morgan fingerprint density at radius 1 is 0.474 bits per heavy atom. The first-order valence-corrected chi connectivity index (χ1v) is 21.2. The van der Waals surface area contributed by atoms with E-state index in [0.29, 0.717) is 0 Å². The van der Waals surface area contributed by atoms with Crippen LogP contribution < -0.4 is 4.90 Å². The van der Waals surface area contributed by atoms with Crippen molar-refractivity contribution in [2.24, 2.45) is 0 Å². The van der Waals surface area contributed by atoms with E-state index in [1.807, 2.05) is 0 Å². The molecule has 0 N–H and O–H groups in total. The fourth-order valence-corrected chi connectivity index (χ4v) is 11.0. The van der Waals surface area contributed by atoms with Gasteiger partial charge in [-0.15, -0.1) is 0 Å². The molecule has 0 atom stereocenters. The molecule has 3 aliphatic carbocycles. The van der Waals surface area contributed by atoms with Crippen LogP contribution in [0.25, 0.3) is 22.3 Å². The van der Waals surface area contributed by atoms with Crippen LogP contribution in [0.15, 0.2) is 158 Å². The third-order valence-corrected chi connectivity index (χ3v) is 13.9. The average Bonchev–Trinajstić information content (AvgIpc) is 3.54. The second kappa shape index (κ2) is 13.5. The minimum absolute atomic E-state index is 0.0207. The molecule has 0 amide bonds. The molecule has 0 heterocycles. The van der Waals surface area contributed by atoms with Gasteiger partial charge in [0, 0.05) is 11.3 Å². The molecule has 0 bridgehead atoms. The first-order chi connectivity index (χ1) is 27.7. The first-order valence-electron chi connectivity index (χ1n) is 21.2. The number of nitrogens with zero attached hydrogens (tertiary/aromatic N) is 1. The highest BCUT2D eigenvalue weighted by molar-refractivity contribution is 5.98. The van der Waals surface area contributed by atoms with Gasteiger partial charge in [0.1, 0.15) is 0 Å². The summed E-state index contributed by atoms with van der Waals surface area (Å²) in [7, 11) is 0. The topological polar surface area (TPSA) is 3.24 Å². The molecule has 282 valence electrons. The number of hydrogen-bond acceptors (Lipinski definition) is 1. The molecule has 0 aromatic heterocycles. The lowest BCUT2D eigenvalue weighted by molar-refractivity contribution is 0.333. The maximum Gasteiger partial charge on any atom is 0.0714 e. The van der Waals surface area contributed by atoms with Crippen molar-refractivity contribution < 1.29 is 0 Å². The predicted molar refractivity (Wildman–Crippen MR) is 241 cm³/mol. The van der Waals surface area contributed by atoms with Gasteiger partial charge in [-0.2, -0.15) is 0 Å². The average molecular weight is 740 g/mol. The van der Waals surface area contributed by atoms with E-state index in [1.165, 1.54) is 109 Å². The molecule has 10 rings (SSSR count). The maximum absolute atomic E-state index is 2.67. The Labute approximate surface area is 340 Å². The quantitative estimate of drug-likeness (QED) is 0.164. The summed E-state index contributed by atoms with van der Waals surface area (Å²) in [6.07, 6.45) is 7.05. The van der Waals surface area contributed by atoms with E-state index in [1.54, 1.807) is 0 Å². The van der Waals surface area contributed by atoms with Gasteiger partial charge in [0.2, 0.25) is 0 Å². The van der Waals surface area contributed by atoms with Crippen molar-refractivity contribution in [2.45, 2.75) is 89.4 Å². The summed E-state index contributed by atoms with van der Waals surface area (Å²) in [5.74, 6) is 0. The maximum atomic E-state index is 2.67. The van der Waals surface area contributed by atoms with Crippen LogP contribution in [0.1, 0.15) is 103 Å². The molecule has 1 heteroatoms. The largest absolute Gasteiger partial charge is 0.309 e. The zero-order valence-corrected chi connectivity index (χ0v) is 34.2. The first kappa shape index (κ1) is 35.7. The number of anilines is 3. The van der Waals surface area contributed by atoms with Crippen LogP contribution in [0.4, 0.5) is 17.1 Å². The van der Waals surface area contributed by atoms with Crippen LogP contribution in [-0.4, -0.2) is 0 Å². The van der Waals surface area contributed by atoms with Gasteiger partial charge in [-0.1, -0.05) is 161 Å². The molecule has 0 saturated heterocycles. The molecular weight excluding hydrogens is 687 g/mol. The lowest BCUT2D eigenvalue weighted by Gasteiger charge is -2.43. The number of fused-ring (bicyclic) bond motifs is 5. The molecule has 0 unspecified atom stereocenters. The minimum atomic E-state index is -0.507. The van der Waals surface area contributed by atoms with Crippen molar-refractivity contribution in [3.63, 3.8) is 0 Å². The van der Waals surface area contributed by atoms with Crippen LogP contribution in [-0.2, 0) is 29.1 Å². The fraction of sp³-hybridized carbons (Fsp3) is 0.250. The monoisotopic (exact) mass is 739 g/mol. The summed E-state index contributed by atoms with van der Waals surface area (Å²) >= 11 is 0. The van der Waals surface area contributed by atoms with Crippen LogP contribution >= 0.6 is 0 Å². The van der Waals surface area contributed by atoms with Crippen LogP contribution in [0, 0.1) is 6.92 Å². The third kappa shape index (κ3) is 5.49. The molecule has 7 aromatic carbocycles. The summed E-state index contributed by atoms with van der Waals surface area (Å²) in [4.78, 5) is 2.67. The minimum Gasteiger partial charge on any atom is -0.309 e. The van der Waals surface area contributed by atoms with Crippen molar-refractivity contribution in [2.75, 3.05) is 4.90 Å². The second-order valence-electron chi connectivity index (χ2n) is 18.2. The Bertz CT molecular complexity index is 2590. The normalized spacial score (nSPS) is 16.9. The Balaban J connectivity index is 1.40. The zero-order valence-electron chi connectivity index (χ0n) is 34.2. The zero-order chi connectivity index (χ0) is 38.9. The summed E-state index contributed by atoms with van der Waals surface area (Å²) in [5, 5.41) is 0. The number of hydrogen-bond donors (Lipinski definition) is 0. The van der Waals surface area contributed by atoms with Gasteiger partial charge >= 0.3 is 0 Å². The highest BCUT2D eigenvalue weighted by atomic mass is 15.2. The van der Waals surface area contributed by atoms with E-state index in [2.05, 4.69) is 197 Å². The number of benzene rings is 7. The van der Waals surface area contributed by atoms with Crippen molar-refractivity contribution in [3.8, 4) is 22.3 Å². The molecule has 0 aliphatic heterocycles. The lowest BCUT2D eigenvalue weighted by atomic mass is 9.61. The van der Waals surface area contributed by atoms with Crippen molar-refractivity contribution >= 4 is 17.1 Å². The molecular formula is C56H53N. The number of para-hydroxylation sites is 1. The Morgan fingerprint density at radius 2 is 1.07 bits per heavy atom. The summed E-state index contributed by atoms with van der Waals surface area (Å²) in [5.41, 5.74) is 21.3. The van der Waals surface area contributed by atoms with Gasteiger partial charge in [0.05, 0.1) is 16.8 Å². The van der Waals surface area contributed by atoms with Crippen LogP contribution in [0.3, 0.4) is 0 Å². The molecule has 57 heavy (non-hydrogen) atoms. The van der Waals surface area contributed by atoms with E-state index in [9.17, 15) is 0 Å². The Morgan fingerprint density at radius 3 is 1.79 bits per heavy atom. The molecule has 0 fully saturated rings. The van der Waals surface area contributed by atoms with Crippen molar-refractivity contribution in [1.82, 2.24) is 0 Å². The molecule has 0 saturated carbocycles. The van der Waals surface area contributed by atoms with E-state index in [4.69, 9.17) is 0 Å². The standard InChI is InChI=1S/C56H53N/c1-38-32-33-39-20-15-16-27-43(39)53(38)57(42-25-13-8-14-26-42)51-37-50-46(36-47(51)45-29-19-31-49-52(45)55(4,5)35-34-54(49,2)3)44-28-17-18-30-48(44)56(50,40-21-9-6-10-22-40)41-23-11-7-12-24-41/h6-14,17-19,21-26,28-33,36-37H,15-16,20,27,34-35H2,1-5H3. The van der Waals surface area contributed by atoms with Gasteiger partial charge in [0.15, 0.2) is 0 Å². The van der Waals surface area contributed by atoms with Gasteiger partial charge in [-0.05, 0) is 147 Å². The second-order valence-corrected chi connectivity index (χ2v) is 18.2. The van der Waals surface area contributed by atoms with Gasteiger partial charge in [-0.3, -0.25) is 0 Å².